The van der Waals surface area contributed by atoms with Crippen LogP contribution in [0.15, 0.2) is 176 Å². The summed E-state index contributed by atoms with van der Waals surface area (Å²) in [7, 11) is 0. The predicted molar refractivity (Wildman–Crippen MR) is 197 cm³/mol. The van der Waals surface area contributed by atoms with E-state index in [1.165, 1.54) is 61.6 Å². The van der Waals surface area contributed by atoms with Crippen LogP contribution < -0.4 is 4.90 Å². The molecule has 6 aromatic rings. The third kappa shape index (κ3) is 5.19. The minimum absolute atomic E-state index is 0.583. The van der Waals surface area contributed by atoms with Crippen molar-refractivity contribution < 1.29 is 0 Å². The molecule has 0 aliphatic heterocycles. The van der Waals surface area contributed by atoms with Gasteiger partial charge in [0.15, 0.2) is 0 Å². The fourth-order valence-corrected chi connectivity index (χ4v) is 7.26. The Labute approximate surface area is 278 Å². The molecule has 0 spiro atoms. The molecule has 47 heavy (non-hydrogen) atoms. The summed E-state index contributed by atoms with van der Waals surface area (Å²) in [5.74, 6) is 7.49. The third-order valence-electron chi connectivity index (χ3n) is 9.48. The van der Waals surface area contributed by atoms with Crippen molar-refractivity contribution in [3.05, 3.63) is 209 Å². The highest BCUT2D eigenvalue weighted by molar-refractivity contribution is 5.88. The summed E-state index contributed by atoms with van der Waals surface area (Å²) >= 11 is 0. The lowest BCUT2D eigenvalue weighted by Gasteiger charge is -2.30. The summed E-state index contributed by atoms with van der Waals surface area (Å²) in [6.07, 6.45) is 6.54. The molecule has 224 valence electrons. The van der Waals surface area contributed by atoms with Crippen LogP contribution in [0.25, 0.3) is 16.7 Å². The average molecular weight is 602 g/mol. The number of benzene rings is 6. The van der Waals surface area contributed by atoms with Crippen molar-refractivity contribution in [1.29, 1.82) is 0 Å². The van der Waals surface area contributed by atoms with Crippen molar-refractivity contribution in [3.63, 3.8) is 0 Å². The van der Waals surface area contributed by atoms with Crippen LogP contribution in [0.1, 0.15) is 46.2 Å². The Morgan fingerprint density at radius 2 is 1.21 bits per heavy atom. The molecule has 0 saturated heterocycles. The summed E-state index contributed by atoms with van der Waals surface area (Å²) < 4.78 is 0. The van der Waals surface area contributed by atoms with Gasteiger partial charge in [-0.25, -0.2) is 0 Å². The number of hydrogen-bond donors (Lipinski definition) is 0. The average Bonchev–Trinajstić information content (AvgIpc) is 3.42. The van der Waals surface area contributed by atoms with E-state index in [1.807, 2.05) is 0 Å². The normalized spacial score (nSPS) is 16.2. The molecule has 8 rings (SSSR count). The molecular formula is C46H35N. The van der Waals surface area contributed by atoms with Crippen LogP contribution in [0.2, 0.25) is 0 Å². The highest BCUT2D eigenvalue weighted by Gasteiger charge is 2.43. The molecule has 0 aromatic heterocycles. The summed E-state index contributed by atoms with van der Waals surface area (Å²) in [6.45, 7) is 2.13. The second kappa shape index (κ2) is 12.2. The lowest BCUT2D eigenvalue weighted by molar-refractivity contribution is 0.836. The number of fused-ring (bicyclic) bond motifs is 3. The van der Waals surface area contributed by atoms with E-state index >= 15 is 0 Å². The Kier molecular flexibility index (Phi) is 7.41. The first-order valence-corrected chi connectivity index (χ1v) is 16.4. The van der Waals surface area contributed by atoms with Crippen molar-refractivity contribution in [3.8, 4) is 23.0 Å². The van der Waals surface area contributed by atoms with Gasteiger partial charge in [0.25, 0.3) is 0 Å². The van der Waals surface area contributed by atoms with Gasteiger partial charge in [0.1, 0.15) is 5.41 Å². The third-order valence-corrected chi connectivity index (χ3v) is 9.48. The minimum atomic E-state index is -0.583. The Bertz CT molecular complexity index is 2160. The van der Waals surface area contributed by atoms with E-state index in [0.29, 0.717) is 0 Å². The van der Waals surface area contributed by atoms with E-state index in [-0.39, 0.29) is 0 Å². The topological polar surface area (TPSA) is 3.24 Å². The highest BCUT2D eigenvalue weighted by Crippen LogP contribution is 2.53. The van der Waals surface area contributed by atoms with Crippen molar-refractivity contribution in [1.82, 2.24) is 0 Å². The first kappa shape index (κ1) is 28.6. The first-order chi connectivity index (χ1) is 23.2. The fraction of sp³-hybridized carbons (Fsp3) is 0.0870. The van der Waals surface area contributed by atoms with Crippen LogP contribution in [0, 0.1) is 18.8 Å². The van der Waals surface area contributed by atoms with Gasteiger partial charge < -0.3 is 4.90 Å². The van der Waals surface area contributed by atoms with Crippen molar-refractivity contribution in [2.24, 2.45) is 0 Å². The Hall–Kier alpha value is -5.84. The van der Waals surface area contributed by atoms with E-state index in [2.05, 4.69) is 194 Å². The molecule has 2 aliphatic carbocycles. The molecule has 0 N–H and O–H groups in total. The van der Waals surface area contributed by atoms with Crippen molar-refractivity contribution in [2.45, 2.75) is 25.2 Å². The summed E-state index contributed by atoms with van der Waals surface area (Å²) in [5.41, 5.74) is 14.2. The lowest BCUT2D eigenvalue weighted by atomic mass is 9.72. The van der Waals surface area contributed by atoms with Crippen LogP contribution >= 0.6 is 0 Å². The van der Waals surface area contributed by atoms with E-state index in [1.54, 1.807) is 0 Å². The van der Waals surface area contributed by atoms with Gasteiger partial charge in [0.05, 0.1) is 0 Å². The smallest absolute Gasteiger partial charge is 0.108 e. The Morgan fingerprint density at radius 3 is 1.89 bits per heavy atom. The fourth-order valence-electron chi connectivity index (χ4n) is 7.26. The number of aryl methyl sites for hydroxylation is 1. The molecule has 1 heteroatoms. The van der Waals surface area contributed by atoms with Crippen LogP contribution in [0.3, 0.4) is 0 Å². The van der Waals surface area contributed by atoms with Crippen LogP contribution in [-0.4, -0.2) is 0 Å². The summed E-state index contributed by atoms with van der Waals surface area (Å²) in [6, 6.07) is 56.6. The van der Waals surface area contributed by atoms with Crippen molar-refractivity contribution in [2.75, 3.05) is 4.90 Å². The summed E-state index contributed by atoms with van der Waals surface area (Å²) in [5, 5.41) is 0. The number of rotatable bonds is 5. The second-order valence-corrected chi connectivity index (χ2v) is 12.4. The van der Waals surface area contributed by atoms with Gasteiger partial charge in [-0.2, -0.15) is 0 Å². The highest BCUT2D eigenvalue weighted by atomic mass is 15.1. The molecule has 0 heterocycles. The molecule has 0 bridgehead atoms. The van der Waals surface area contributed by atoms with Crippen LogP contribution in [-0.2, 0) is 5.41 Å². The van der Waals surface area contributed by atoms with Gasteiger partial charge in [-0.1, -0.05) is 133 Å². The quantitative estimate of drug-likeness (QED) is 0.178. The number of nitrogens with zero attached hydrogens (tertiary/aromatic N) is 1. The number of anilines is 2. The molecule has 1 atom stereocenters. The largest absolute Gasteiger partial charge is 0.314 e. The van der Waals surface area contributed by atoms with Gasteiger partial charge in [0.2, 0.25) is 0 Å². The van der Waals surface area contributed by atoms with Crippen LogP contribution in [0.5, 0.6) is 0 Å². The number of hydrogen-bond acceptors (Lipinski definition) is 1. The predicted octanol–water partition coefficient (Wildman–Crippen LogP) is 11.3. The van der Waals surface area contributed by atoms with Crippen molar-refractivity contribution >= 4 is 16.9 Å². The molecule has 1 unspecified atom stereocenters. The standard InChI is InChI=1S/C46H35N/c1-34-14-13-15-35(32-34)30-31-46(38-16-5-2-6-17-38)44-23-12-11-22-42(44)43-29-26-37(33-45(43)46)36-24-27-41(28-25-36)47(39-18-7-3-8-19-39)40-20-9-4-10-21-40/h2-24,26-27,29,32-33H,25,28H2,1H3. The molecule has 0 fully saturated rings. The Morgan fingerprint density at radius 1 is 0.553 bits per heavy atom. The zero-order valence-electron chi connectivity index (χ0n) is 26.5. The zero-order chi connectivity index (χ0) is 31.6. The van der Waals surface area contributed by atoms with Gasteiger partial charge in [-0.3, -0.25) is 0 Å². The van der Waals surface area contributed by atoms with E-state index in [0.717, 1.165) is 18.4 Å². The molecule has 0 radical (unpaired) electrons. The minimum Gasteiger partial charge on any atom is -0.314 e. The second-order valence-electron chi connectivity index (χ2n) is 12.4. The molecule has 6 aromatic carbocycles. The maximum atomic E-state index is 3.87. The number of para-hydroxylation sites is 2. The maximum Gasteiger partial charge on any atom is 0.108 e. The van der Waals surface area contributed by atoms with E-state index < -0.39 is 5.41 Å². The molecule has 2 aliphatic rings. The van der Waals surface area contributed by atoms with Gasteiger partial charge >= 0.3 is 0 Å². The number of allylic oxidation sites excluding steroid dienone is 4. The Balaban J connectivity index is 1.26. The summed E-state index contributed by atoms with van der Waals surface area (Å²) in [4.78, 5) is 2.38. The zero-order valence-corrected chi connectivity index (χ0v) is 26.5. The van der Waals surface area contributed by atoms with Gasteiger partial charge in [0, 0.05) is 22.6 Å². The van der Waals surface area contributed by atoms with E-state index in [4.69, 9.17) is 0 Å². The molecule has 1 nitrogen and oxygen atoms in total. The van der Waals surface area contributed by atoms with Gasteiger partial charge in [-0.05, 0) is 113 Å². The maximum absolute atomic E-state index is 3.87. The SMILES string of the molecule is Cc1cccc(C#CC2(c3ccccc3)c3ccccc3-c3ccc(C4=CC=C(N(c5ccccc5)c5ccccc5)CC4)cc32)c1. The molecular weight excluding hydrogens is 567 g/mol. The van der Waals surface area contributed by atoms with E-state index in [9.17, 15) is 0 Å². The first-order valence-electron chi connectivity index (χ1n) is 16.4. The van der Waals surface area contributed by atoms with Crippen LogP contribution in [0.4, 0.5) is 11.4 Å². The lowest BCUT2D eigenvalue weighted by Crippen LogP contribution is -2.25. The monoisotopic (exact) mass is 601 g/mol. The molecule has 0 amide bonds. The molecule has 0 saturated carbocycles. The van der Waals surface area contributed by atoms with Gasteiger partial charge in [-0.15, -0.1) is 0 Å².